The molecule has 0 amide bonds. The van der Waals surface area contributed by atoms with E-state index in [1.54, 1.807) is 17.0 Å². The number of benzene rings is 1. The second-order valence-corrected chi connectivity index (χ2v) is 6.96. The Labute approximate surface area is 138 Å². The summed E-state index contributed by atoms with van der Waals surface area (Å²) < 4.78 is 31.6. The van der Waals surface area contributed by atoms with Crippen molar-refractivity contribution < 1.29 is 17.9 Å². The number of nitrogens with one attached hydrogen (secondary N) is 1. The summed E-state index contributed by atoms with van der Waals surface area (Å²) in [6, 6.07) is 7.61. The van der Waals surface area contributed by atoms with Gasteiger partial charge in [-0.15, -0.1) is 0 Å². The summed E-state index contributed by atoms with van der Waals surface area (Å²) in [5.74, 6) is -0.279. The highest BCUT2D eigenvalue weighted by Gasteiger charge is 2.12. The summed E-state index contributed by atoms with van der Waals surface area (Å²) in [5.41, 5.74) is 1.93. The quantitative estimate of drug-likeness (QED) is 0.568. The molecule has 124 valence electrons. The first-order chi connectivity index (χ1) is 11.3. The van der Waals surface area contributed by atoms with E-state index in [-0.39, 0.29) is 5.56 Å². The Bertz CT molecular complexity index is 1010. The summed E-state index contributed by atoms with van der Waals surface area (Å²) in [6.07, 6.45) is 4.09. The number of sulfonamides is 1. The smallest absolute Gasteiger partial charge is 0.345 e. The number of fused-ring (bicyclic) bond motifs is 1. The fourth-order valence-corrected chi connectivity index (χ4v) is 2.66. The van der Waals surface area contributed by atoms with Gasteiger partial charge in [0.1, 0.15) is 11.3 Å². The first-order valence-corrected chi connectivity index (χ1v) is 8.78. The van der Waals surface area contributed by atoms with E-state index in [1.165, 1.54) is 30.5 Å². The van der Waals surface area contributed by atoms with Gasteiger partial charge in [-0.1, -0.05) is 0 Å². The molecular formula is C15H14N4O4S. The van der Waals surface area contributed by atoms with Crippen LogP contribution in [0.4, 0.5) is 5.69 Å². The number of carbonyl (C=O) groups is 1. The maximum absolute atomic E-state index is 12.2. The van der Waals surface area contributed by atoms with Crippen LogP contribution in [0.2, 0.25) is 0 Å². The van der Waals surface area contributed by atoms with Crippen molar-refractivity contribution in [2.75, 3.05) is 11.0 Å². The van der Waals surface area contributed by atoms with Crippen molar-refractivity contribution in [1.82, 2.24) is 14.5 Å². The second-order valence-electron chi connectivity index (χ2n) is 5.21. The molecule has 0 fully saturated rings. The van der Waals surface area contributed by atoms with E-state index in [2.05, 4.69) is 14.7 Å². The molecule has 3 aromatic rings. The molecular weight excluding hydrogens is 332 g/mol. The Kier molecular flexibility index (Phi) is 3.94. The molecule has 3 rings (SSSR count). The molecule has 1 aromatic carbocycles. The third kappa shape index (κ3) is 3.51. The molecule has 2 heterocycles. The van der Waals surface area contributed by atoms with Gasteiger partial charge in [-0.25, -0.2) is 23.2 Å². The van der Waals surface area contributed by atoms with Crippen LogP contribution in [0.3, 0.4) is 0 Å². The highest BCUT2D eigenvalue weighted by atomic mass is 32.2. The van der Waals surface area contributed by atoms with E-state index in [0.29, 0.717) is 22.6 Å². The van der Waals surface area contributed by atoms with Crippen molar-refractivity contribution in [3.63, 3.8) is 0 Å². The molecule has 0 aliphatic carbocycles. The van der Waals surface area contributed by atoms with Gasteiger partial charge in [-0.05, 0) is 30.3 Å². The lowest BCUT2D eigenvalue weighted by molar-refractivity contribution is 0.0734. The van der Waals surface area contributed by atoms with Gasteiger partial charge in [0, 0.05) is 18.9 Å². The van der Waals surface area contributed by atoms with E-state index < -0.39 is 16.0 Å². The lowest BCUT2D eigenvalue weighted by Crippen LogP contribution is -2.10. The van der Waals surface area contributed by atoms with Gasteiger partial charge < -0.3 is 9.30 Å². The predicted molar refractivity (Wildman–Crippen MR) is 88.4 cm³/mol. The molecule has 0 unspecified atom stereocenters. The van der Waals surface area contributed by atoms with Crippen LogP contribution in [0.5, 0.6) is 5.75 Å². The minimum Gasteiger partial charge on any atom is -0.423 e. The topological polar surface area (TPSA) is 103 Å². The van der Waals surface area contributed by atoms with Crippen molar-refractivity contribution in [2.24, 2.45) is 7.05 Å². The highest BCUT2D eigenvalue weighted by molar-refractivity contribution is 7.92. The third-order valence-electron chi connectivity index (χ3n) is 3.16. The zero-order valence-corrected chi connectivity index (χ0v) is 13.7. The Hall–Kier alpha value is -2.94. The predicted octanol–water partition coefficient (Wildman–Crippen LogP) is 1.56. The van der Waals surface area contributed by atoms with Crippen molar-refractivity contribution in [1.29, 1.82) is 0 Å². The molecule has 2 aromatic heterocycles. The molecule has 0 atom stereocenters. The number of rotatable bonds is 4. The number of hydrogen-bond acceptors (Lipinski definition) is 6. The summed E-state index contributed by atoms with van der Waals surface area (Å²) >= 11 is 0. The largest absolute Gasteiger partial charge is 0.423 e. The summed E-state index contributed by atoms with van der Waals surface area (Å²) in [7, 11) is -1.54. The van der Waals surface area contributed by atoms with Crippen LogP contribution in [0.25, 0.3) is 11.2 Å². The first kappa shape index (κ1) is 15.9. The van der Waals surface area contributed by atoms with E-state index >= 15 is 0 Å². The van der Waals surface area contributed by atoms with E-state index in [1.807, 2.05) is 7.05 Å². The van der Waals surface area contributed by atoms with Gasteiger partial charge in [0.15, 0.2) is 5.65 Å². The van der Waals surface area contributed by atoms with Gasteiger partial charge in [-0.3, -0.25) is 4.72 Å². The molecule has 0 aliphatic heterocycles. The lowest BCUT2D eigenvalue weighted by Gasteiger charge is -2.06. The minimum absolute atomic E-state index is 0.277. The number of aryl methyl sites for hydroxylation is 1. The van der Waals surface area contributed by atoms with Crippen LogP contribution in [-0.2, 0) is 17.1 Å². The molecule has 0 saturated carbocycles. The number of esters is 1. The lowest BCUT2D eigenvalue weighted by atomic mass is 10.2. The van der Waals surface area contributed by atoms with Crippen molar-refractivity contribution in [3.8, 4) is 5.75 Å². The van der Waals surface area contributed by atoms with Crippen LogP contribution >= 0.6 is 0 Å². The number of nitrogens with zero attached hydrogens (tertiary/aromatic N) is 3. The fourth-order valence-electron chi connectivity index (χ4n) is 2.10. The molecule has 0 bridgehead atoms. The van der Waals surface area contributed by atoms with Crippen molar-refractivity contribution in [3.05, 3.63) is 48.4 Å². The Morgan fingerprint density at radius 1 is 1.21 bits per heavy atom. The fraction of sp³-hybridized carbons (Fsp3) is 0.133. The number of ether oxygens (including phenoxy) is 1. The second kappa shape index (κ2) is 5.93. The average molecular weight is 346 g/mol. The zero-order chi connectivity index (χ0) is 17.3. The number of carbonyl (C=O) groups excluding carboxylic acids is 1. The monoisotopic (exact) mass is 346 g/mol. The SMILES string of the molecule is Cn1cnc2cc(C(=O)Oc3ccc(NS(C)(=O)=O)cc3)cnc21. The molecule has 0 saturated heterocycles. The Morgan fingerprint density at radius 3 is 2.58 bits per heavy atom. The van der Waals surface area contributed by atoms with Crippen LogP contribution in [0.15, 0.2) is 42.9 Å². The molecule has 0 aliphatic rings. The average Bonchev–Trinajstić information content (AvgIpc) is 2.88. The van der Waals surface area contributed by atoms with E-state index in [0.717, 1.165) is 6.26 Å². The standard InChI is InChI=1S/C15H14N4O4S/c1-19-9-17-13-7-10(8-16-14(13)19)15(20)23-12-5-3-11(4-6-12)18-24(2,21)22/h3-9,18H,1-2H3. The highest BCUT2D eigenvalue weighted by Crippen LogP contribution is 2.18. The van der Waals surface area contributed by atoms with Gasteiger partial charge in [0.2, 0.25) is 10.0 Å². The zero-order valence-electron chi connectivity index (χ0n) is 12.9. The van der Waals surface area contributed by atoms with E-state index in [4.69, 9.17) is 4.74 Å². The van der Waals surface area contributed by atoms with Crippen LogP contribution < -0.4 is 9.46 Å². The summed E-state index contributed by atoms with van der Waals surface area (Å²) in [5, 5.41) is 0. The Balaban J connectivity index is 1.75. The van der Waals surface area contributed by atoms with Gasteiger partial charge >= 0.3 is 5.97 Å². The third-order valence-corrected chi connectivity index (χ3v) is 3.76. The molecule has 0 radical (unpaired) electrons. The van der Waals surface area contributed by atoms with Gasteiger partial charge in [-0.2, -0.15) is 0 Å². The maximum atomic E-state index is 12.2. The molecule has 8 nitrogen and oxygen atoms in total. The van der Waals surface area contributed by atoms with Gasteiger partial charge in [0.25, 0.3) is 0 Å². The van der Waals surface area contributed by atoms with E-state index in [9.17, 15) is 13.2 Å². The maximum Gasteiger partial charge on any atom is 0.345 e. The van der Waals surface area contributed by atoms with Crippen LogP contribution in [-0.4, -0.2) is 35.2 Å². The number of aromatic nitrogens is 3. The van der Waals surface area contributed by atoms with Crippen LogP contribution in [0.1, 0.15) is 10.4 Å². The molecule has 1 N–H and O–H groups in total. The molecule has 9 heteroatoms. The number of hydrogen-bond donors (Lipinski definition) is 1. The number of pyridine rings is 1. The van der Waals surface area contributed by atoms with Gasteiger partial charge in [0.05, 0.1) is 18.1 Å². The first-order valence-electron chi connectivity index (χ1n) is 6.89. The van der Waals surface area contributed by atoms with Crippen molar-refractivity contribution in [2.45, 2.75) is 0 Å². The van der Waals surface area contributed by atoms with Crippen molar-refractivity contribution >= 4 is 32.8 Å². The molecule has 24 heavy (non-hydrogen) atoms. The number of imidazole rings is 1. The van der Waals surface area contributed by atoms with Crippen LogP contribution in [0, 0.1) is 0 Å². The summed E-state index contributed by atoms with van der Waals surface area (Å²) in [4.78, 5) is 20.5. The minimum atomic E-state index is -3.35. The molecule has 0 spiro atoms. The normalized spacial score (nSPS) is 11.4. The summed E-state index contributed by atoms with van der Waals surface area (Å²) in [6.45, 7) is 0. The number of anilines is 1. The Morgan fingerprint density at radius 2 is 1.92 bits per heavy atom.